The van der Waals surface area contributed by atoms with Crippen LogP contribution in [0.15, 0.2) is 0 Å². The smallest absolute Gasteiger partial charge is 0.240 e. The molecule has 3 heteroatoms. The summed E-state index contributed by atoms with van der Waals surface area (Å²) in [6, 6.07) is 0.0778. The van der Waals surface area contributed by atoms with E-state index < -0.39 is 0 Å². The molecule has 1 heterocycles. The van der Waals surface area contributed by atoms with E-state index in [1.54, 1.807) is 0 Å². The van der Waals surface area contributed by atoms with Crippen LogP contribution < -0.4 is 5.32 Å². The molecular formula is C11H22N2O. The number of carbonyl (C=O) groups excluding carboxylic acids is 1. The minimum atomic E-state index is 0.0778. The van der Waals surface area contributed by atoms with Gasteiger partial charge < -0.3 is 4.90 Å². The lowest BCUT2D eigenvalue weighted by Crippen LogP contribution is -2.30. The fourth-order valence-electron chi connectivity index (χ4n) is 1.80. The molecule has 1 saturated heterocycles. The normalized spacial score (nSPS) is 22.4. The zero-order chi connectivity index (χ0) is 10.6. The summed E-state index contributed by atoms with van der Waals surface area (Å²) in [4.78, 5) is 13.6. The molecule has 0 radical (unpaired) electrons. The van der Waals surface area contributed by atoms with E-state index in [2.05, 4.69) is 19.2 Å². The summed E-state index contributed by atoms with van der Waals surface area (Å²) in [5.41, 5.74) is 0. The number of nitrogens with one attached hydrogen (secondary N) is 1. The minimum absolute atomic E-state index is 0.0778. The Hall–Kier alpha value is -0.570. The van der Waals surface area contributed by atoms with Crippen molar-refractivity contribution in [2.24, 2.45) is 5.92 Å². The van der Waals surface area contributed by atoms with Gasteiger partial charge in [0.05, 0.1) is 12.7 Å². The highest BCUT2D eigenvalue weighted by Crippen LogP contribution is 2.10. The van der Waals surface area contributed by atoms with Crippen molar-refractivity contribution in [2.45, 2.75) is 46.1 Å². The molecule has 0 spiro atoms. The van der Waals surface area contributed by atoms with E-state index >= 15 is 0 Å². The first kappa shape index (κ1) is 11.5. The van der Waals surface area contributed by atoms with Crippen molar-refractivity contribution in [3.8, 4) is 0 Å². The molecular weight excluding hydrogens is 176 g/mol. The minimum Gasteiger partial charge on any atom is -0.329 e. The largest absolute Gasteiger partial charge is 0.329 e. The first-order valence-electron chi connectivity index (χ1n) is 5.67. The van der Waals surface area contributed by atoms with Gasteiger partial charge in [-0.25, -0.2) is 0 Å². The number of hydrogen-bond donors (Lipinski definition) is 1. The Morgan fingerprint density at radius 2 is 2.29 bits per heavy atom. The van der Waals surface area contributed by atoms with Crippen molar-refractivity contribution < 1.29 is 4.79 Å². The molecule has 1 N–H and O–H groups in total. The first-order chi connectivity index (χ1) is 6.65. The van der Waals surface area contributed by atoms with Crippen LogP contribution in [0.5, 0.6) is 0 Å². The lowest BCUT2D eigenvalue weighted by Gasteiger charge is -2.15. The molecule has 0 aromatic rings. The first-order valence-corrected chi connectivity index (χ1v) is 5.67. The van der Waals surface area contributed by atoms with Crippen LogP contribution in [0, 0.1) is 5.92 Å². The van der Waals surface area contributed by atoms with Gasteiger partial charge in [0, 0.05) is 6.54 Å². The summed E-state index contributed by atoms with van der Waals surface area (Å²) in [7, 11) is 0. The van der Waals surface area contributed by atoms with Crippen LogP contribution in [0.25, 0.3) is 0 Å². The van der Waals surface area contributed by atoms with Crippen molar-refractivity contribution in [1.82, 2.24) is 10.2 Å². The van der Waals surface area contributed by atoms with E-state index in [4.69, 9.17) is 0 Å². The molecule has 1 amide bonds. The molecule has 3 nitrogen and oxygen atoms in total. The van der Waals surface area contributed by atoms with Crippen LogP contribution >= 0.6 is 0 Å². The maximum Gasteiger partial charge on any atom is 0.240 e. The number of rotatable bonds is 5. The number of amides is 1. The summed E-state index contributed by atoms with van der Waals surface area (Å²) in [5, 5.41) is 3.22. The molecule has 1 unspecified atom stereocenters. The zero-order valence-electron chi connectivity index (χ0n) is 9.55. The lowest BCUT2D eigenvalue weighted by atomic mass is 10.1. The van der Waals surface area contributed by atoms with Gasteiger partial charge in [0.15, 0.2) is 0 Å². The summed E-state index contributed by atoms with van der Waals surface area (Å²) < 4.78 is 0. The summed E-state index contributed by atoms with van der Waals surface area (Å²) in [6.45, 7) is 8.15. The van der Waals surface area contributed by atoms with E-state index in [0.29, 0.717) is 0 Å². The Labute approximate surface area is 86.9 Å². The molecule has 1 atom stereocenters. The Balaban J connectivity index is 2.23. The van der Waals surface area contributed by atoms with Gasteiger partial charge >= 0.3 is 0 Å². The maximum atomic E-state index is 11.7. The predicted molar refractivity (Wildman–Crippen MR) is 57.9 cm³/mol. The average Bonchev–Trinajstić information content (AvgIpc) is 2.47. The molecule has 82 valence electrons. The molecule has 14 heavy (non-hydrogen) atoms. The highest BCUT2D eigenvalue weighted by molar-refractivity contribution is 5.83. The fraction of sp³-hybridized carbons (Fsp3) is 0.909. The lowest BCUT2D eigenvalue weighted by molar-refractivity contribution is -0.129. The van der Waals surface area contributed by atoms with Crippen molar-refractivity contribution in [3.63, 3.8) is 0 Å². The molecule has 1 rings (SSSR count). The second kappa shape index (κ2) is 5.35. The number of nitrogens with zero attached hydrogens (tertiary/aromatic N) is 1. The van der Waals surface area contributed by atoms with Gasteiger partial charge in [-0.05, 0) is 25.2 Å². The van der Waals surface area contributed by atoms with E-state index in [-0.39, 0.29) is 11.9 Å². The zero-order valence-corrected chi connectivity index (χ0v) is 9.55. The van der Waals surface area contributed by atoms with Gasteiger partial charge in [-0.3, -0.25) is 10.1 Å². The Kier molecular flexibility index (Phi) is 4.39. The topological polar surface area (TPSA) is 32.3 Å². The molecule has 1 aliphatic heterocycles. The van der Waals surface area contributed by atoms with Crippen LogP contribution in [-0.4, -0.2) is 30.1 Å². The van der Waals surface area contributed by atoms with Gasteiger partial charge in [0.25, 0.3) is 0 Å². The Bertz CT molecular complexity index is 192. The predicted octanol–water partition coefficient (Wildman–Crippen LogP) is 1.59. The van der Waals surface area contributed by atoms with Gasteiger partial charge in [0.1, 0.15) is 0 Å². The maximum absolute atomic E-state index is 11.7. The van der Waals surface area contributed by atoms with Crippen LogP contribution in [0.3, 0.4) is 0 Å². The van der Waals surface area contributed by atoms with Crippen LogP contribution in [0.2, 0.25) is 0 Å². The van der Waals surface area contributed by atoms with E-state index in [0.717, 1.165) is 32.0 Å². The van der Waals surface area contributed by atoms with Crippen molar-refractivity contribution >= 4 is 5.91 Å². The molecule has 1 aliphatic rings. The van der Waals surface area contributed by atoms with Crippen LogP contribution in [-0.2, 0) is 4.79 Å². The van der Waals surface area contributed by atoms with Crippen molar-refractivity contribution in [3.05, 3.63) is 0 Å². The molecule has 1 fully saturated rings. The summed E-state index contributed by atoms with van der Waals surface area (Å²) in [6.07, 6.45) is 3.24. The second-order valence-corrected chi connectivity index (χ2v) is 4.46. The van der Waals surface area contributed by atoms with Crippen molar-refractivity contribution in [2.75, 3.05) is 13.2 Å². The monoisotopic (exact) mass is 198 g/mol. The molecule has 0 saturated carbocycles. The molecule has 0 aromatic heterocycles. The van der Waals surface area contributed by atoms with Gasteiger partial charge in [-0.15, -0.1) is 0 Å². The van der Waals surface area contributed by atoms with Crippen LogP contribution in [0.4, 0.5) is 0 Å². The highest BCUT2D eigenvalue weighted by atomic mass is 16.2. The SMILES string of the molecule is CCC1NCN(CCCC(C)C)C1=O. The number of hydrogen-bond acceptors (Lipinski definition) is 2. The molecule has 0 bridgehead atoms. The van der Waals surface area contributed by atoms with Gasteiger partial charge in [0.2, 0.25) is 5.91 Å². The quantitative estimate of drug-likeness (QED) is 0.727. The average molecular weight is 198 g/mol. The fourth-order valence-corrected chi connectivity index (χ4v) is 1.80. The van der Waals surface area contributed by atoms with E-state index in [9.17, 15) is 4.79 Å². The van der Waals surface area contributed by atoms with Crippen LogP contribution in [0.1, 0.15) is 40.0 Å². The van der Waals surface area contributed by atoms with Gasteiger partial charge in [-0.1, -0.05) is 20.8 Å². The Morgan fingerprint density at radius 3 is 2.79 bits per heavy atom. The second-order valence-electron chi connectivity index (χ2n) is 4.46. The highest BCUT2D eigenvalue weighted by Gasteiger charge is 2.28. The van der Waals surface area contributed by atoms with Gasteiger partial charge in [-0.2, -0.15) is 0 Å². The molecule has 0 aliphatic carbocycles. The van der Waals surface area contributed by atoms with Crippen molar-refractivity contribution in [1.29, 1.82) is 0 Å². The third kappa shape index (κ3) is 2.98. The third-order valence-electron chi connectivity index (χ3n) is 2.76. The Morgan fingerprint density at radius 1 is 1.57 bits per heavy atom. The number of carbonyl (C=O) groups is 1. The molecule has 0 aromatic carbocycles. The summed E-state index contributed by atoms with van der Waals surface area (Å²) >= 11 is 0. The standard InChI is InChI=1S/C11H22N2O/c1-4-10-11(14)13(8-12-10)7-5-6-9(2)3/h9-10,12H,4-8H2,1-3H3. The van der Waals surface area contributed by atoms with E-state index in [1.165, 1.54) is 6.42 Å². The van der Waals surface area contributed by atoms with E-state index in [1.807, 2.05) is 11.8 Å². The summed E-state index contributed by atoms with van der Waals surface area (Å²) in [5.74, 6) is 1.03. The third-order valence-corrected chi connectivity index (χ3v) is 2.76.